The van der Waals surface area contributed by atoms with Crippen molar-refractivity contribution in [2.45, 2.75) is 77.1 Å². The second-order valence-electron chi connectivity index (χ2n) is 9.80. The maximum absolute atomic E-state index is 13.3. The Labute approximate surface area is 190 Å². The number of nitrogens with one attached hydrogen (secondary N) is 1. The van der Waals surface area contributed by atoms with Crippen molar-refractivity contribution in [2.75, 3.05) is 20.1 Å². The average molecular weight is 473 g/mol. The highest BCUT2D eigenvalue weighted by Gasteiger charge is 2.42. The Morgan fingerprint density at radius 1 is 1.18 bits per heavy atom. The van der Waals surface area contributed by atoms with Crippen molar-refractivity contribution in [3.63, 3.8) is 0 Å². The number of ether oxygens (including phenoxy) is 1. The predicted molar refractivity (Wildman–Crippen MR) is 113 cm³/mol. The largest absolute Gasteiger partial charge is 0.444 e. The summed E-state index contributed by atoms with van der Waals surface area (Å²) < 4.78 is 45.3. The van der Waals surface area contributed by atoms with Crippen LogP contribution < -0.4 is 5.56 Å². The molecule has 184 valence electrons. The highest BCUT2D eigenvalue weighted by atomic mass is 19.4. The van der Waals surface area contributed by atoms with Crippen LogP contribution >= 0.6 is 0 Å². The van der Waals surface area contributed by atoms with Crippen molar-refractivity contribution in [2.24, 2.45) is 5.92 Å². The standard InChI is InChI=1S/C22H31F3N4O4/c1-21(2,3)33-20(32)29-11-9-13(10-12-29)5-8-16(30)28(4)15-7-6-14-17(22(23,24)25)19(31)27-26-18(14)15/h13,15H,5-12H2,1-4H3,(H,27,31). The monoisotopic (exact) mass is 472 g/mol. The van der Waals surface area contributed by atoms with Gasteiger partial charge in [-0.05, 0) is 64.4 Å². The van der Waals surface area contributed by atoms with Crippen molar-refractivity contribution in [1.82, 2.24) is 20.0 Å². The van der Waals surface area contributed by atoms with Crippen molar-refractivity contribution in [3.8, 4) is 0 Å². The average Bonchev–Trinajstić information content (AvgIpc) is 3.13. The Morgan fingerprint density at radius 2 is 1.82 bits per heavy atom. The number of carbonyl (C=O) groups excluding carboxylic acids is 2. The van der Waals surface area contributed by atoms with Crippen LogP contribution in [-0.2, 0) is 22.1 Å². The summed E-state index contributed by atoms with van der Waals surface area (Å²) in [4.78, 5) is 39.8. The molecule has 2 amide bonds. The second kappa shape index (κ2) is 9.34. The van der Waals surface area contributed by atoms with E-state index in [1.807, 2.05) is 25.9 Å². The molecular formula is C22H31F3N4O4. The van der Waals surface area contributed by atoms with Crippen LogP contribution in [0.15, 0.2) is 4.79 Å². The number of rotatable bonds is 4. The second-order valence-corrected chi connectivity index (χ2v) is 9.80. The van der Waals surface area contributed by atoms with E-state index in [-0.39, 0.29) is 42.0 Å². The molecule has 33 heavy (non-hydrogen) atoms. The summed E-state index contributed by atoms with van der Waals surface area (Å²) in [6.45, 7) is 6.59. The molecule has 0 spiro atoms. The lowest BCUT2D eigenvalue weighted by molar-refractivity contribution is -0.139. The van der Waals surface area contributed by atoms with Crippen LogP contribution in [0.3, 0.4) is 0 Å². The number of aromatic nitrogens is 2. The number of hydrogen-bond donors (Lipinski definition) is 1. The van der Waals surface area contributed by atoms with Gasteiger partial charge in [-0.1, -0.05) is 0 Å². The third kappa shape index (κ3) is 5.86. The molecule has 1 atom stereocenters. The van der Waals surface area contributed by atoms with Gasteiger partial charge < -0.3 is 14.5 Å². The van der Waals surface area contributed by atoms with Crippen molar-refractivity contribution in [1.29, 1.82) is 0 Å². The quantitative estimate of drug-likeness (QED) is 0.722. The molecule has 2 heterocycles. The van der Waals surface area contributed by atoms with E-state index in [1.54, 1.807) is 11.9 Å². The number of H-pyrrole nitrogens is 1. The zero-order chi connectivity index (χ0) is 24.6. The molecule has 1 aliphatic carbocycles. The van der Waals surface area contributed by atoms with Gasteiger partial charge in [0.2, 0.25) is 5.91 Å². The van der Waals surface area contributed by atoms with Gasteiger partial charge in [-0.15, -0.1) is 0 Å². The van der Waals surface area contributed by atoms with Gasteiger partial charge >= 0.3 is 12.3 Å². The van der Waals surface area contributed by atoms with E-state index in [0.29, 0.717) is 25.9 Å². The highest BCUT2D eigenvalue weighted by molar-refractivity contribution is 5.76. The number of aromatic amines is 1. The molecule has 8 nitrogen and oxygen atoms in total. The molecular weight excluding hydrogens is 441 g/mol. The summed E-state index contributed by atoms with van der Waals surface area (Å²) in [5.41, 5.74) is -3.03. The van der Waals surface area contributed by atoms with Gasteiger partial charge in [-0.25, -0.2) is 9.89 Å². The van der Waals surface area contributed by atoms with E-state index in [9.17, 15) is 27.6 Å². The van der Waals surface area contributed by atoms with E-state index in [1.165, 1.54) is 4.90 Å². The Hall–Kier alpha value is -2.59. The molecule has 11 heteroatoms. The third-order valence-electron chi connectivity index (χ3n) is 6.28. The van der Waals surface area contributed by atoms with Crippen LogP contribution in [0.25, 0.3) is 0 Å². The van der Waals surface area contributed by atoms with Crippen LogP contribution in [0, 0.1) is 5.92 Å². The molecule has 1 saturated heterocycles. The van der Waals surface area contributed by atoms with Crippen molar-refractivity contribution < 1.29 is 27.5 Å². The minimum absolute atomic E-state index is 0.0481. The fraction of sp³-hybridized carbons (Fsp3) is 0.727. The molecule has 2 aliphatic rings. The lowest BCUT2D eigenvalue weighted by Crippen LogP contribution is -2.42. The van der Waals surface area contributed by atoms with E-state index in [0.717, 1.165) is 12.8 Å². The Balaban J connectivity index is 1.54. The first-order valence-electron chi connectivity index (χ1n) is 11.2. The first kappa shape index (κ1) is 25.0. The summed E-state index contributed by atoms with van der Waals surface area (Å²) in [6, 6.07) is -0.598. The van der Waals surface area contributed by atoms with Gasteiger partial charge in [0.25, 0.3) is 5.56 Å². The lowest BCUT2D eigenvalue weighted by atomic mass is 9.92. The molecule has 0 bridgehead atoms. The van der Waals surface area contributed by atoms with Gasteiger partial charge in [-0.2, -0.15) is 18.3 Å². The normalized spacial score (nSPS) is 19.4. The van der Waals surface area contributed by atoms with E-state index < -0.39 is 28.9 Å². The van der Waals surface area contributed by atoms with Gasteiger partial charge in [0.05, 0.1) is 11.7 Å². The maximum atomic E-state index is 13.3. The van der Waals surface area contributed by atoms with Gasteiger partial charge in [0.15, 0.2) is 0 Å². The molecule has 1 aliphatic heterocycles. The number of hydrogen-bond acceptors (Lipinski definition) is 5. The molecule has 3 rings (SSSR count). The lowest BCUT2D eigenvalue weighted by Gasteiger charge is -2.33. The van der Waals surface area contributed by atoms with Gasteiger partial charge in [0.1, 0.15) is 11.2 Å². The number of halogens is 3. The zero-order valence-corrected chi connectivity index (χ0v) is 19.4. The number of nitrogens with zero attached hydrogens (tertiary/aromatic N) is 3. The Kier molecular flexibility index (Phi) is 7.09. The number of piperidine rings is 1. The minimum Gasteiger partial charge on any atom is -0.444 e. The van der Waals surface area contributed by atoms with E-state index in [4.69, 9.17) is 4.74 Å². The highest BCUT2D eigenvalue weighted by Crippen LogP contribution is 2.39. The topological polar surface area (TPSA) is 95.6 Å². The summed E-state index contributed by atoms with van der Waals surface area (Å²) in [5, 5.41) is 5.77. The third-order valence-corrected chi connectivity index (χ3v) is 6.28. The van der Waals surface area contributed by atoms with Crippen LogP contribution in [0.4, 0.5) is 18.0 Å². The summed E-state index contributed by atoms with van der Waals surface area (Å²) >= 11 is 0. The van der Waals surface area contributed by atoms with Gasteiger partial charge in [0, 0.05) is 26.6 Å². The summed E-state index contributed by atoms with van der Waals surface area (Å²) in [6.07, 6.45) is -2.34. The fourth-order valence-electron chi connectivity index (χ4n) is 4.53. The molecule has 1 N–H and O–H groups in total. The number of fused-ring (bicyclic) bond motifs is 1. The SMILES string of the molecule is CN(C(=O)CCC1CCN(C(=O)OC(C)(C)C)CC1)C1CCc2c1n[nH]c(=O)c2C(F)(F)F. The van der Waals surface area contributed by atoms with E-state index in [2.05, 4.69) is 5.10 Å². The number of carbonyl (C=O) groups is 2. The molecule has 1 aromatic heterocycles. The Morgan fingerprint density at radius 3 is 2.39 bits per heavy atom. The Bertz CT molecular complexity index is 946. The van der Waals surface area contributed by atoms with Crippen LogP contribution in [0.2, 0.25) is 0 Å². The van der Waals surface area contributed by atoms with Gasteiger partial charge in [-0.3, -0.25) is 9.59 Å². The predicted octanol–water partition coefficient (Wildman–Crippen LogP) is 3.66. The van der Waals surface area contributed by atoms with Crippen LogP contribution in [-0.4, -0.2) is 57.7 Å². The molecule has 0 saturated carbocycles. The minimum atomic E-state index is -4.77. The van der Waals surface area contributed by atoms with E-state index >= 15 is 0 Å². The molecule has 1 unspecified atom stereocenters. The maximum Gasteiger partial charge on any atom is 0.422 e. The van der Waals surface area contributed by atoms with Crippen molar-refractivity contribution >= 4 is 12.0 Å². The number of alkyl halides is 3. The van der Waals surface area contributed by atoms with Crippen LogP contribution in [0.1, 0.15) is 75.7 Å². The first-order chi connectivity index (χ1) is 15.3. The number of likely N-dealkylation sites (tertiary alicyclic amines) is 1. The molecule has 0 radical (unpaired) electrons. The summed E-state index contributed by atoms with van der Waals surface area (Å²) in [7, 11) is 1.56. The molecule has 1 fully saturated rings. The number of amides is 2. The first-order valence-corrected chi connectivity index (χ1v) is 11.2. The smallest absolute Gasteiger partial charge is 0.422 e. The van der Waals surface area contributed by atoms with Crippen LogP contribution in [0.5, 0.6) is 0 Å². The fourth-order valence-corrected chi connectivity index (χ4v) is 4.53. The summed E-state index contributed by atoms with van der Waals surface area (Å²) in [5.74, 6) is 0.104. The zero-order valence-electron chi connectivity index (χ0n) is 19.4. The molecule has 0 aromatic carbocycles. The molecule has 1 aromatic rings. The van der Waals surface area contributed by atoms with Crippen molar-refractivity contribution in [3.05, 3.63) is 27.2 Å².